The summed E-state index contributed by atoms with van der Waals surface area (Å²) in [7, 11) is 5.06. The van der Waals surface area contributed by atoms with Gasteiger partial charge in [-0.2, -0.15) is 4.99 Å². The number of ether oxygens (including phenoxy) is 2. The molecule has 0 aliphatic heterocycles. The van der Waals surface area contributed by atoms with Crippen LogP contribution in [0, 0.1) is 6.92 Å². The van der Waals surface area contributed by atoms with Gasteiger partial charge in [0.2, 0.25) is 0 Å². The summed E-state index contributed by atoms with van der Waals surface area (Å²) in [5, 5.41) is 0.678. The molecule has 0 bridgehead atoms. The normalized spacial score (nSPS) is 11.8. The predicted octanol–water partition coefficient (Wildman–Crippen LogP) is 3.89. The molecule has 1 aromatic heterocycles. The second-order valence-corrected chi connectivity index (χ2v) is 7.32. The smallest absolute Gasteiger partial charge is 0.252 e. The van der Waals surface area contributed by atoms with E-state index in [1.165, 1.54) is 11.3 Å². The number of rotatable bonds is 4. The molecule has 5 nitrogen and oxygen atoms in total. The summed E-state index contributed by atoms with van der Waals surface area (Å²) < 4.78 is 13.5. The highest BCUT2D eigenvalue weighted by Gasteiger charge is 2.12. The number of nitrogens with zero attached hydrogens (tertiary/aromatic N) is 2. The average Bonchev–Trinajstić information content (AvgIpc) is 2.90. The summed E-state index contributed by atoms with van der Waals surface area (Å²) in [6, 6.07) is 9.18. The zero-order chi connectivity index (χ0) is 18.8. The first-order valence-corrected chi connectivity index (χ1v) is 9.16. The molecule has 7 heteroatoms. The van der Waals surface area contributed by atoms with Crippen LogP contribution in [-0.2, 0) is 18.3 Å². The van der Waals surface area contributed by atoms with E-state index in [0.29, 0.717) is 21.3 Å². The van der Waals surface area contributed by atoms with Gasteiger partial charge in [-0.25, -0.2) is 0 Å². The molecule has 0 saturated carbocycles. The Kier molecular flexibility index (Phi) is 5.34. The van der Waals surface area contributed by atoms with Gasteiger partial charge in [0.1, 0.15) is 11.5 Å². The molecule has 0 unspecified atom stereocenters. The van der Waals surface area contributed by atoms with Gasteiger partial charge >= 0.3 is 0 Å². The van der Waals surface area contributed by atoms with Gasteiger partial charge in [0.05, 0.1) is 30.9 Å². The highest BCUT2D eigenvalue weighted by molar-refractivity contribution is 7.16. The molecule has 1 amide bonds. The number of thiazole rings is 1. The first-order valence-electron chi connectivity index (χ1n) is 7.97. The molecule has 0 spiro atoms. The molecule has 0 saturated heterocycles. The average molecular weight is 391 g/mol. The third kappa shape index (κ3) is 3.61. The molecule has 136 valence electrons. The van der Waals surface area contributed by atoms with Crippen molar-refractivity contribution in [1.29, 1.82) is 0 Å². The largest absolute Gasteiger partial charge is 0.497 e. The number of methoxy groups -OCH3 is 2. The van der Waals surface area contributed by atoms with E-state index in [4.69, 9.17) is 21.1 Å². The molecule has 2 aromatic carbocycles. The van der Waals surface area contributed by atoms with E-state index in [2.05, 4.69) is 4.99 Å². The number of hydrogen-bond donors (Lipinski definition) is 0. The number of benzene rings is 2. The zero-order valence-corrected chi connectivity index (χ0v) is 16.6. The summed E-state index contributed by atoms with van der Waals surface area (Å²) in [6.07, 6.45) is 0.154. The maximum atomic E-state index is 12.5. The number of halogens is 1. The van der Waals surface area contributed by atoms with Gasteiger partial charge in [0, 0.05) is 23.7 Å². The molecule has 0 fully saturated rings. The summed E-state index contributed by atoms with van der Waals surface area (Å²) in [5.74, 6) is 1.05. The van der Waals surface area contributed by atoms with Gasteiger partial charge in [0.15, 0.2) is 4.80 Å². The molecule has 0 aliphatic carbocycles. The van der Waals surface area contributed by atoms with Crippen molar-refractivity contribution < 1.29 is 14.3 Å². The number of fused-ring (bicyclic) bond motifs is 1. The lowest BCUT2D eigenvalue weighted by molar-refractivity contribution is -0.117. The highest BCUT2D eigenvalue weighted by Crippen LogP contribution is 2.26. The lowest BCUT2D eigenvalue weighted by Gasteiger charge is -2.08. The number of amides is 1. The van der Waals surface area contributed by atoms with Gasteiger partial charge in [-0.1, -0.05) is 29.0 Å². The quantitative estimate of drug-likeness (QED) is 0.679. The van der Waals surface area contributed by atoms with E-state index in [-0.39, 0.29) is 12.3 Å². The number of aromatic nitrogens is 1. The van der Waals surface area contributed by atoms with Crippen LogP contribution >= 0.6 is 22.9 Å². The van der Waals surface area contributed by atoms with Crippen molar-refractivity contribution in [3.05, 3.63) is 51.3 Å². The van der Waals surface area contributed by atoms with Crippen LogP contribution in [0.15, 0.2) is 35.3 Å². The molecule has 26 heavy (non-hydrogen) atoms. The van der Waals surface area contributed by atoms with Crippen LogP contribution in [0.5, 0.6) is 11.5 Å². The Labute approximate surface area is 160 Å². The fourth-order valence-corrected chi connectivity index (χ4v) is 4.37. The number of carbonyl (C=O) groups is 1. The molecule has 0 aliphatic rings. The van der Waals surface area contributed by atoms with E-state index in [1.54, 1.807) is 26.4 Å². The summed E-state index contributed by atoms with van der Waals surface area (Å²) in [4.78, 5) is 17.4. The number of aryl methyl sites for hydroxylation is 2. The maximum Gasteiger partial charge on any atom is 0.252 e. The molecule has 0 N–H and O–H groups in total. The fraction of sp³-hybridized carbons (Fsp3) is 0.263. The number of carbonyl (C=O) groups excluding carboxylic acids is 1. The topological polar surface area (TPSA) is 52.8 Å². The second-order valence-electron chi connectivity index (χ2n) is 5.87. The Morgan fingerprint density at radius 1 is 1.23 bits per heavy atom. The van der Waals surface area contributed by atoms with Crippen LogP contribution in [0.25, 0.3) is 10.2 Å². The summed E-state index contributed by atoms with van der Waals surface area (Å²) in [5.41, 5.74) is 2.86. The zero-order valence-electron chi connectivity index (χ0n) is 15.0. The van der Waals surface area contributed by atoms with Gasteiger partial charge in [-0.15, -0.1) is 0 Å². The maximum absolute atomic E-state index is 12.5. The van der Waals surface area contributed by atoms with Gasteiger partial charge in [-0.05, 0) is 30.7 Å². The Balaban J connectivity index is 1.96. The van der Waals surface area contributed by atoms with Gasteiger partial charge < -0.3 is 14.0 Å². The van der Waals surface area contributed by atoms with Crippen molar-refractivity contribution in [3.8, 4) is 11.5 Å². The predicted molar refractivity (Wildman–Crippen MR) is 104 cm³/mol. The van der Waals surface area contributed by atoms with E-state index in [9.17, 15) is 4.79 Å². The van der Waals surface area contributed by atoms with Gasteiger partial charge in [0.25, 0.3) is 5.91 Å². The van der Waals surface area contributed by atoms with Crippen LogP contribution in [0.3, 0.4) is 0 Å². The van der Waals surface area contributed by atoms with Crippen molar-refractivity contribution >= 4 is 39.1 Å². The lowest BCUT2D eigenvalue weighted by Crippen LogP contribution is -2.14. The van der Waals surface area contributed by atoms with Crippen LogP contribution in [-0.4, -0.2) is 24.7 Å². The first kappa shape index (κ1) is 18.5. The lowest BCUT2D eigenvalue weighted by atomic mass is 10.1. The number of hydrogen-bond acceptors (Lipinski definition) is 4. The Hall–Kier alpha value is -2.31. The van der Waals surface area contributed by atoms with Crippen LogP contribution in [0.1, 0.15) is 11.1 Å². The van der Waals surface area contributed by atoms with Crippen LogP contribution < -0.4 is 14.3 Å². The highest BCUT2D eigenvalue weighted by atomic mass is 35.5. The first-order chi connectivity index (χ1) is 12.4. The molecule has 0 atom stereocenters. The molecule has 3 aromatic rings. The Morgan fingerprint density at radius 3 is 2.69 bits per heavy atom. The second kappa shape index (κ2) is 7.51. The van der Waals surface area contributed by atoms with Crippen LogP contribution in [0.4, 0.5) is 0 Å². The van der Waals surface area contributed by atoms with E-state index in [0.717, 1.165) is 21.3 Å². The fourth-order valence-electron chi connectivity index (χ4n) is 2.88. The minimum atomic E-state index is -0.237. The van der Waals surface area contributed by atoms with E-state index < -0.39 is 0 Å². The van der Waals surface area contributed by atoms with Crippen molar-refractivity contribution in [3.63, 3.8) is 0 Å². The van der Waals surface area contributed by atoms with Crippen molar-refractivity contribution in [2.24, 2.45) is 12.0 Å². The van der Waals surface area contributed by atoms with Crippen molar-refractivity contribution in [2.45, 2.75) is 13.3 Å². The van der Waals surface area contributed by atoms with E-state index >= 15 is 0 Å². The molecule has 1 heterocycles. The van der Waals surface area contributed by atoms with Crippen molar-refractivity contribution in [2.75, 3.05) is 14.2 Å². The SMILES string of the molecule is COc1ccc(CC(=O)N=c2sc3cc(Cl)cc(C)c3n2C)c(OC)c1. The monoisotopic (exact) mass is 390 g/mol. The summed E-state index contributed by atoms with van der Waals surface area (Å²) >= 11 is 7.58. The van der Waals surface area contributed by atoms with E-state index in [1.807, 2.05) is 36.7 Å². The molecule has 0 radical (unpaired) electrons. The van der Waals surface area contributed by atoms with Crippen molar-refractivity contribution in [1.82, 2.24) is 4.57 Å². The molecular weight excluding hydrogens is 372 g/mol. The third-order valence-electron chi connectivity index (χ3n) is 4.11. The van der Waals surface area contributed by atoms with Gasteiger partial charge in [-0.3, -0.25) is 4.79 Å². The third-order valence-corrected chi connectivity index (χ3v) is 5.41. The Morgan fingerprint density at radius 2 is 2.00 bits per heavy atom. The minimum absolute atomic E-state index is 0.154. The Bertz CT molecular complexity index is 1050. The standard InChI is InChI=1S/C19H19ClN2O3S/c1-11-7-13(20)9-16-18(11)22(2)19(26-16)21-17(23)8-12-5-6-14(24-3)10-15(12)25-4/h5-7,9-10H,8H2,1-4H3. The summed E-state index contributed by atoms with van der Waals surface area (Å²) in [6.45, 7) is 1.99. The molecular formula is C19H19ClN2O3S. The molecule has 3 rings (SSSR count). The minimum Gasteiger partial charge on any atom is -0.497 e. The van der Waals surface area contributed by atoms with Crippen LogP contribution in [0.2, 0.25) is 5.02 Å².